The van der Waals surface area contributed by atoms with Crippen molar-refractivity contribution in [1.29, 1.82) is 5.26 Å². The van der Waals surface area contributed by atoms with Gasteiger partial charge in [-0.1, -0.05) is 31.8 Å². The maximum absolute atomic E-state index is 8.55. The van der Waals surface area contributed by atoms with Crippen LogP contribution in [0.1, 0.15) is 51.9 Å². The largest absolute Gasteiger partial charge is 0.193 e. The number of hydrogen-bond acceptors (Lipinski definition) is 1. The Balaban J connectivity index is 2.40. The lowest BCUT2D eigenvalue weighted by Crippen LogP contribution is -1.96. The molecule has 0 aromatic heterocycles. The number of nitriles is 1. The third-order valence-corrected chi connectivity index (χ3v) is 2.95. The minimum absolute atomic E-state index is 0.926. The zero-order valence-corrected chi connectivity index (χ0v) is 8.55. The third kappa shape index (κ3) is 3.63. The topological polar surface area (TPSA) is 23.8 Å². The Morgan fingerprint density at radius 1 is 1.46 bits per heavy atom. The average molecular weight is 177 g/mol. The Morgan fingerprint density at radius 2 is 2.31 bits per heavy atom. The summed E-state index contributed by atoms with van der Waals surface area (Å²) in [7, 11) is 0. The molecule has 0 bridgehead atoms. The summed E-state index contributed by atoms with van der Waals surface area (Å²) in [6.45, 7) is 2.26. The summed E-state index contributed by atoms with van der Waals surface area (Å²) in [5, 5.41) is 8.55. The molecular weight excluding hydrogens is 158 g/mol. The van der Waals surface area contributed by atoms with Crippen LogP contribution in [0.25, 0.3) is 0 Å². The Labute approximate surface area is 81.5 Å². The summed E-state index contributed by atoms with van der Waals surface area (Å²) in [6, 6.07) is 2.15. The van der Waals surface area contributed by atoms with Crippen LogP contribution in [0, 0.1) is 17.2 Å². The summed E-state index contributed by atoms with van der Waals surface area (Å²) in [6.07, 6.45) is 10.7. The second kappa shape index (κ2) is 5.80. The van der Waals surface area contributed by atoms with E-state index in [4.69, 9.17) is 5.26 Å². The molecule has 72 valence electrons. The van der Waals surface area contributed by atoms with E-state index < -0.39 is 0 Å². The molecule has 1 atom stereocenters. The van der Waals surface area contributed by atoms with Crippen LogP contribution in [0.4, 0.5) is 0 Å². The Morgan fingerprint density at radius 3 is 3.00 bits per heavy atom. The molecule has 1 rings (SSSR count). The molecule has 0 N–H and O–H groups in total. The first kappa shape index (κ1) is 10.3. The lowest BCUT2D eigenvalue weighted by molar-refractivity contribution is 0.426. The van der Waals surface area contributed by atoms with Crippen LogP contribution < -0.4 is 0 Å². The quantitative estimate of drug-likeness (QED) is 0.464. The summed E-state index contributed by atoms with van der Waals surface area (Å²) in [4.78, 5) is 0. The van der Waals surface area contributed by atoms with E-state index in [0.717, 1.165) is 18.8 Å². The van der Waals surface area contributed by atoms with E-state index in [0.29, 0.717) is 0 Å². The highest BCUT2D eigenvalue weighted by Gasteiger charge is 2.13. The number of nitrogens with zero attached hydrogens (tertiary/aromatic N) is 1. The highest BCUT2D eigenvalue weighted by atomic mass is 14.2. The molecule has 0 aliphatic heterocycles. The molecule has 1 fully saturated rings. The van der Waals surface area contributed by atoms with E-state index in [-0.39, 0.29) is 0 Å². The van der Waals surface area contributed by atoms with Gasteiger partial charge in [-0.15, -0.1) is 0 Å². The molecule has 0 radical (unpaired) electrons. The molecule has 1 saturated carbocycles. The van der Waals surface area contributed by atoms with E-state index in [1.165, 1.54) is 37.7 Å². The van der Waals surface area contributed by atoms with E-state index in [1.54, 1.807) is 6.08 Å². The van der Waals surface area contributed by atoms with Crippen LogP contribution in [-0.2, 0) is 0 Å². The highest BCUT2D eigenvalue weighted by Crippen LogP contribution is 2.29. The van der Waals surface area contributed by atoms with Gasteiger partial charge in [0.05, 0.1) is 6.07 Å². The molecule has 0 aromatic rings. The van der Waals surface area contributed by atoms with Gasteiger partial charge in [0.1, 0.15) is 0 Å². The summed E-state index contributed by atoms with van der Waals surface area (Å²) < 4.78 is 0. The van der Waals surface area contributed by atoms with Crippen LogP contribution in [0.3, 0.4) is 0 Å². The van der Waals surface area contributed by atoms with Crippen LogP contribution in [0.2, 0.25) is 0 Å². The second-order valence-corrected chi connectivity index (χ2v) is 4.02. The van der Waals surface area contributed by atoms with Crippen molar-refractivity contribution in [1.82, 2.24) is 0 Å². The van der Waals surface area contributed by atoms with E-state index in [1.807, 2.05) is 0 Å². The fraction of sp³-hybridized carbons (Fsp3) is 0.750. The smallest absolute Gasteiger partial charge is 0.0911 e. The first-order valence-electron chi connectivity index (χ1n) is 5.44. The van der Waals surface area contributed by atoms with Gasteiger partial charge in [0.25, 0.3) is 0 Å². The van der Waals surface area contributed by atoms with Crippen LogP contribution in [0.15, 0.2) is 11.6 Å². The molecule has 0 amide bonds. The fourth-order valence-electron chi connectivity index (χ4n) is 2.21. The van der Waals surface area contributed by atoms with Gasteiger partial charge in [-0.25, -0.2) is 0 Å². The first-order valence-corrected chi connectivity index (χ1v) is 5.44. The number of allylic oxidation sites excluding steroid dienone is 2. The molecule has 13 heavy (non-hydrogen) atoms. The SMILES string of the molecule is CCCC1CCC/C(=C\C#N)CC1. The minimum atomic E-state index is 0.926. The van der Waals surface area contributed by atoms with Gasteiger partial charge in [-0.2, -0.15) is 5.26 Å². The van der Waals surface area contributed by atoms with Gasteiger partial charge in [0.15, 0.2) is 0 Å². The second-order valence-electron chi connectivity index (χ2n) is 4.02. The Bertz CT molecular complexity index is 210. The third-order valence-electron chi connectivity index (χ3n) is 2.95. The Hall–Kier alpha value is -0.770. The zero-order valence-electron chi connectivity index (χ0n) is 8.55. The molecule has 0 heterocycles. The lowest BCUT2D eigenvalue weighted by atomic mass is 9.95. The van der Waals surface area contributed by atoms with Crippen molar-refractivity contribution in [2.24, 2.45) is 5.92 Å². The molecule has 0 aromatic carbocycles. The molecule has 0 saturated heterocycles. The van der Waals surface area contributed by atoms with E-state index in [9.17, 15) is 0 Å². The van der Waals surface area contributed by atoms with Crippen molar-refractivity contribution < 1.29 is 0 Å². The van der Waals surface area contributed by atoms with Gasteiger partial charge in [0.2, 0.25) is 0 Å². The molecule has 1 heteroatoms. The van der Waals surface area contributed by atoms with E-state index in [2.05, 4.69) is 13.0 Å². The van der Waals surface area contributed by atoms with Crippen molar-refractivity contribution in [2.75, 3.05) is 0 Å². The normalized spacial score (nSPS) is 26.8. The predicted octanol–water partition coefficient (Wildman–Crippen LogP) is 3.82. The predicted molar refractivity (Wildman–Crippen MR) is 55.2 cm³/mol. The van der Waals surface area contributed by atoms with Gasteiger partial charge in [0, 0.05) is 6.08 Å². The molecule has 1 nitrogen and oxygen atoms in total. The van der Waals surface area contributed by atoms with Crippen molar-refractivity contribution >= 4 is 0 Å². The maximum atomic E-state index is 8.55. The molecular formula is C12H19N. The zero-order chi connectivity index (χ0) is 9.52. The van der Waals surface area contributed by atoms with Crippen LogP contribution in [-0.4, -0.2) is 0 Å². The monoisotopic (exact) mass is 177 g/mol. The van der Waals surface area contributed by atoms with E-state index >= 15 is 0 Å². The van der Waals surface area contributed by atoms with Crippen molar-refractivity contribution in [3.8, 4) is 6.07 Å². The van der Waals surface area contributed by atoms with Gasteiger partial charge in [-0.05, 0) is 31.6 Å². The molecule has 1 aliphatic carbocycles. The number of rotatable bonds is 2. The van der Waals surface area contributed by atoms with Crippen molar-refractivity contribution in [2.45, 2.75) is 51.9 Å². The van der Waals surface area contributed by atoms with Gasteiger partial charge in [-0.3, -0.25) is 0 Å². The number of hydrogen-bond donors (Lipinski definition) is 0. The molecule has 1 unspecified atom stereocenters. The van der Waals surface area contributed by atoms with Gasteiger partial charge < -0.3 is 0 Å². The average Bonchev–Trinajstić information content (AvgIpc) is 2.33. The summed E-state index contributed by atoms with van der Waals surface area (Å²) in [5.41, 5.74) is 1.38. The molecule has 0 spiro atoms. The fourth-order valence-corrected chi connectivity index (χ4v) is 2.21. The van der Waals surface area contributed by atoms with Crippen LogP contribution >= 0.6 is 0 Å². The summed E-state index contributed by atoms with van der Waals surface area (Å²) in [5.74, 6) is 0.926. The minimum Gasteiger partial charge on any atom is -0.193 e. The summed E-state index contributed by atoms with van der Waals surface area (Å²) >= 11 is 0. The van der Waals surface area contributed by atoms with Crippen molar-refractivity contribution in [3.63, 3.8) is 0 Å². The Kier molecular flexibility index (Phi) is 4.60. The molecule has 1 aliphatic rings. The highest BCUT2D eigenvalue weighted by molar-refractivity contribution is 5.14. The maximum Gasteiger partial charge on any atom is 0.0911 e. The lowest BCUT2D eigenvalue weighted by Gasteiger charge is -2.10. The van der Waals surface area contributed by atoms with Crippen molar-refractivity contribution in [3.05, 3.63) is 11.6 Å². The van der Waals surface area contributed by atoms with Gasteiger partial charge >= 0.3 is 0 Å². The standard InChI is InChI=1S/C12H19N/c1-2-4-11-5-3-6-12(8-7-11)9-10-13/h9,11H,2-8H2,1H3/b12-9+. The first-order chi connectivity index (χ1) is 6.36. The van der Waals surface area contributed by atoms with Crippen LogP contribution in [0.5, 0.6) is 0 Å².